The molecule has 0 fully saturated rings. The van der Waals surface area contributed by atoms with E-state index in [-0.39, 0.29) is 0 Å². The summed E-state index contributed by atoms with van der Waals surface area (Å²) in [7, 11) is 1.62. The van der Waals surface area contributed by atoms with Gasteiger partial charge in [0, 0.05) is 17.7 Å². The first-order valence-corrected chi connectivity index (χ1v) is 6.76. The van der Waals surface area contributed by atoms with Gasteiger partial charge in [0.1, 0.15) is 18.2 Å². The van der Waals surface area contributed by atoms with E-state index in [1.807, 2.05) is 24.3 Å². The quantitative estimate of drug-likeness (QED) is 0.630. The highest BCUT2D eigenvalue weighted by Crippen LogP contribution is 2.14. The van der Waals surface area contributed by atoms with E-state index in [1.165, 1.54) is 6.07 Å². The van der Waals surface area contributed by atoms with Crippen LogP contribution in [0.25, 0.3) is 0 Å². The van der Waals surface area contributed by atoms with E-state index in [1.54, 1.807) is 19.2 Å². The maximum absolute atomic E-state index is 13.6. The van der Waals surface area contributed by atoms with Crippen molar-refractivity contribution in [3.63, 3.8) is 0 Å². The van der Waals surface area contributed by atoms with Crippen LogP contribution in [0.1, 0.15) is 11.1 Å². The number of methoxy groups -OCH3 is 1. The van der Waals surface area contributed by atoms with Crippen LogP contribution < -0.4 is 4.74 Å². The molecule has 0 saturated heterocycles. The van der Waals surface area contributed by atoms with Crippen LogP contribution in [0.15, 0.2) is 42.5 Å². The van der Waals surface area contributed by atoms with Gasteiger partial charge >= 0.3 is 0 Å². The van der Waals surface area contributed by atoms with Gasteiger partial charge in [0.05, 0.1) is 12.2 Å². The van der Waals surface area contributed by atoms with Gasteiger partial charge in [-0.25, -0.2) is 4.39 Å². The largest absolute Gasteiger partial charge is 0.491 e. The molecule has 2 rings (SSSR count). The molecule has 0 amide bonds. The third-order valence-corrected chi connectivity index (χ3v) is 2.92. The van der Waals surface area contributed by atoms with Gasteiger partial charge in [-0.3, -0.25) is 0 Å². The number of rotatable bonds is 4. The first kappa shape index (κ1) is 15.4. The summed E-state index contributed by atoms with van der Waals surface area (Å²) in [5.74, 6) is 6.01. The van der Waals surface area contributed by atoms with Crippen molar-refractivity contribution in [3.8, 4) is 17.6 Å². The van der Waals surface area contributed by atoms with Crippen molar-refractivity contribution in [1.82, 2.24) is 0 Å². The molecule has 0 saturated carbocycles. The molecule has 0 N–H and O–H groups in total. The molecule has 2 nitrogen and oxygen atoms in total. The fraction of sp³-hybridized carbons (Fsp3) is 0.176. The summed E-state index contributed by atoms with van der Waals surface area (Å²) >= 11 is 5.69. The monoisotopic (exact) mass is 304 g/mol. The molecule has 2 aromatic carbocycles. The molecule has 0 atom stereocenters. The molecule has 0 bridgehead atoms. The Balaban J connectivity index is 2.05. The Hall–Kier alpha value is -2.02. The Labute approximate surface area is 128 Å². The molecular formula is C17H14ClFO2. The maximum atomic E-state index is 13.6. The average Bonchev–Trinajstić information content (AvgIpc) is 2.48. The van der Waals surface area contributed by atoms with Gasteiger partial charge < -0.3 is 9.47 Å². The highest BCUT2D eigenvalue weighted by atomic mass is 35.5. The molecule has 0 aliphatic heterocycles. The summed E-state index contributed by atoms with van der Waals surface area (Å²) in [5.41, 5.74) is 1.10. The Morgan fingerprint density at radius 3 is 2.48 bits per heavy atom. The van der Waals surface area contributed by atoms with Crippen molar-refractivity contribution in [1.29, 1.82) is 0 Å². The van der Waals surface area contributed by atoms with Crippen LogP contribution >= 0.6 is 11.6 Å². The maximum Gasteiger partial charge on any atom is 0.140 e. The molecular weight excluding hydrogens is 291 g/mol. The van der Waals surface area contributed by atoms with E-state index in [4.69, 9.17) is 21.1 Å². The lowest BCUT2D eigenvalue weighted by Crippen LogP contribution is -2.03. The molecule has 0 aliphatic carbocycles. The number of hydrogen-bond donors (Lipinski definition) is 0. The summed E-state index contributed by atoms with van der Waals surface area (Å²) in [5, 5.41) is 0.357. The summed E-state index contributed by atoms with van der Waals surface area (Å²) in [6.07, 6.45) is 0. The van der Waals surface area contributed by atoms with E-state index in [0.29, 0.717) is 23.8 Å². The Bertz CT molecular complexity index is 657. The highest BCUT2D eigenvalue weighted by molar-refractivity contribution is 6.30. The lowest BCUT2D eigenvalue weighted by Gasteiger charge is -2.04. The van der Waals surface area contributed by atoms with Crippen LogP contribution in [0, 0.1) is 17.7 Å². The van der Waals surface area contributed by atoms with E-state index in [2.05, 4.69) is 11.8 Å². The first-order valence-electron chi connectivity index (χ1n) is 6.38. The second-order valence-corrected chi connectivity index (χ2v) is 4.68. The highest BCUT2D eigenvalue weighted by Gasteiger charge is 1.99. The molecule has 108 valence electrons. The lowest BCUT2D eigenvalue weighted by atomic mass is 10.1. The topological polar surface area (TPSA) is 18.5 Å². The van der Waals surface area contributed by atoms with Crippen LogP contribution in [0.2, 0.25) is 5.02 Å². The van der Waals surface area contributed by atoms with E-state index in [0.717, 1.165) is 11.3 Å². The van der Waals surface area contributed by atoms with Crippen molar-refractivity contribution in [2.75, 3.05) is 20.3 Å². The minimum Gasteiger partial charge on any atom is -0.491 e. The third-order valence-electron chi connectivity index (χ3n) is 2.68. The number of benzene rings is 2. The van der Waals surface area contributed by atoms with Crippen molar-refractivity contribution in [3.05, 3.63) is 64.4 Å². The van der Waals surface area contributed by atoms with Crippen LogP contribution in [-0.2, 0) is 4.74 Å². The zero-order valence-corrected chi connectivity index (χ0v) is 12.3. The van der Waals surface area contributed by atoms with Gasteiger partial charge in [-0.1, -0.05) is 23.4 Å². The normalized spacial score (nSPS) is 9.86. The summed E-state index contributed by atoms with van der Waals surface area (Å²) in [6.45, 7) is 1.04. The molecule has 0 unspecified atom stereocenters. The van der Waals surface area contributed by atoms with Crippen LogP contribution in [0.3, 0.4) is 0 Å². The van der Waals surface area contributed by atoms with Gasteiger partial charge in [0.25, 0.3) is 0 Å². The lowest BCUT2D eigenvalue weighted by molar-refractivity contribution is 0.146. The van der Waals surface area contributed by atoms with Gasteiger partial charge in [0.2, 0.25) is 0 Å². The number of hydrogen-bond acceptors (Lipinski definition) is 2. The molecule has 2 aromatic rings. The van der Waals surface area contributed by atoms with Crippen molar-refractivity contribution in [2.24, 2.45) is 0 Å². The molecule has 0 aromatic heterocycles. The van der Waals surface area contributed by atoms with E-state index >= 15 is 0 Å². The fourth-order valence-corrected chi connectivity index (χ4v) is 1.77. The van der Waals surface area contributed by atoms with Crippen LogP contribution in [-0.4, -0.2) is 20.3 Å². The predicted molar refractivity (Wildman–Crippen MR) is 81.2 cm³/mol. The number of ether oxygens (including phenoxy) is 2. The average molecular weight is 305 g/mol. The Kier molecular flexibility index (Phi) is 5.62. The van der Waals surface area contributed by atoms with Crippen LogP contribution in [0.4, 0.5) is 4.39 Å². The Morgan fingerprint density at radius 2 is 1.81 bits per heavy atom. The van der Waals surface area contributed by atoms with Gasteiger partial charge in [0.15, 0.2) is 0 Å². The molecule has 0 radical (unpaired) electrons. The number of halogens is 2. The predicted octanol–water partition coefficient (Wildman–Crippen LogP) is 3.90. The van der Waals surface area contributed by atoms with Crippen molar-refractivity contribution >= 4 is 11.6 Å². The minimum atomic E-state index is -0.422. The third kappa shape index (κ3) is 4.78. The second kappa shape index (κ2) is 7.68. The zero-order chi connectivity index (χ0) is 15.1. The molecule has 4 heteroatoms. The molecule has 0 spiro atoms. The van der Waals surface area contributed by atoms with E-state index in [9.17, 15) is 4.39 Å². The first-order chi connectivity index (χ1) is 10.2. The summed E-state index contributed by atoms with van der Waals surface area (Å²) in [6, 6.07) is 11.7. The SMILES string of the molecule is COCCOc1ccc(C#Cc2ccc(Cl)cc2F)cc1. The second-order valence-electron chi connectivity index (χ2n) is 4.24. The van der Waals surface area contributed by atoms with Gasteiger partial charge in [-0.15, -0.1) is 0 Å². The van der Waals surface area contributed by atoms with Gasteiger partial charge in [-0.05, 0) is 42.5 Å². The van der Waals surface area contributed by atoms with Crippen molar-refractivity contribution in [2.45, 2.75) is 0 Å². The standard InChI is InChI=1S/C17H14ClFO2/c1-20-10-11-21-16-8-3-13(4-9-16)2-5-14-6-7-15(18)12-17(14)19/h3-4,6-9,12H,10-11H2,1H3. The van der Waals surface area contributed by atoms with Gasteiger partial charge in [-0.2, -0.15) is 0 Å². The van der Waals surface area contributed by atoms with E-state index < -0.39 is 5.82 Å². The molecule has 21 heavy (non-hydrogen) atoms. The smallest absolute Gasteiger partial charge is 0.140 e. The zero-order valence-electron chi connectivity index (χ0n) is 11.5. The van der Waals surface area contributed by atoms with Crippen LogP contribution in [0.5, 0.6) is 5.75 Å². The fourth-order valence-electron chi connectivity index (χ4n) is 1.61. The minimum absolute atomic E-state index is 0.319. The molecule has 0 heterocycles. The summed E-state index contributed by atoms with van der Waals surface area (Å²) < 4.78 is 23.9. The summed E-state index contributed by atoms with van der Waals surface area (Å²) in [4.78, 5) is 0. The molecule has 0 aliphatic rings. The van der Waals surface area contributed by atoms with Crippen molar-refractivity contribution < 1.29 is 13.9 Å². The Morgan fingerprint density at radius 1 is 1.05 bits per heavy atom.